The number of hydrogen-bond donors (Lipinski definition) is 2. The van der Waals surface area contributed by atoms with Crippen molar-refractivity contribution in [3.8, 4) is 22.2 Å². The van der Waals surface area contributed by atoms with Gasteiger partial charge < -0.3 is 15.6 Å². The summed E-state index contributed by atoms with van der Waals surface area (Å²) >= 11 is 1.34. The molecule has 2 aromatic heterocycles. The average Bonchev–Trinajstić information content (AvgIpc) is 3.13. The van der Waals surface area contributed by atoms with E-state index in [4.69, 9.17) is 10.5 Å². The molecule has 0 saturated carbocycles. The van der Waals surface area contributed by atoms with Crippen LogP contribution in [0.1, 0.15) is 27.2 Å². The Labute approximate surface area is 173 Å². The van der Waals surface area contributed by atoms with Gasteiger partial charge in [0.05, 0.1) is 23.0 Å². The number of carboxylic acid groups (broad SMARTS) is 1. The summed E-state index contributed by atoms with van der Waals surface area (Å²) < 4.78 is 5.59. The highest BCUT2D eigenvalue weighted by atomic mass is 32.1. The lowest BCUT2D eigenvalue weighted by Gasteiger charge is -2.22. The fourth-order valence-electron chi connectivity index (χ4n) is 2.42. The van der Waals surface area contributed by atoms with E-state index in [1.807, 2.05) is 12.1 Å². The van der Waals surface area contributed by atoms with Crippen molar-refractivity contribution in [3.63, 3.8) is 0 Å². The molecule has 1 amide bonds. The molecule has 1 aromatic carbocycles. The number of rotatable bonds is 6. The van der Waals surface area contributed by atoms with Gasteiger partial charge in [-0.1, -0.05) is 32.1 Å². The number of carbonyl (C=O) groups is 1. The van der Waals surface area contributed by atoms with Crippen LogP contribution < -0.4 is 15.4 Å². The van der Waals surface area contributed by atoms with Crippen LogP contribution in [-0.2, 0) is 0 Å². The molecule has 0 saturated heterocycles. The standard InChI is InChI=1S/C20H23N5O3S/c1-20(2,3)8-9-25(19(26)27)18-24-12-16(29-18)13-4-6-15(7-5-13)28-17-22-10-14(21)11-23-17/h4-7,10-12H,8-9,21H2,1-3H3,(H,26,27). The molecule has 0 atom stereocenters. The van der Waals surface area contributed by atoms with Gasteiger partial charge in [-0.05, 0) is 41.7 Å². The summed E-state index contributed by atoms with van der Waals surface area (Å²) in [6, 6.07) is 7.56. The van der Waals surface area contributed by atoms with Crippen molar-refractivity contribution in [1.82, 2.24) is 15.0 Å². The van der Waals surface area contributed by atoms with Crippen LogP contribution in [0.3, 0.4) is 0 Å². The van der Waals surface area contributed by atoms with Crippen LogP contribution in [0.5, 0.6) is 11.8 Å². The van der Waals surface area contributed by atoms with Gasteiger partial charge >= 0.3 is 12.1 Å². The van der Waals surface area contributed by atoms with Gasteiger partial charge in [-0.3, -0.25) is 4.90 Å². The van der Waals surface area contributed by atoms with Crippen LogP contribution in [-0.4, -0.2) is 32.7 Å². The van der Waals surface area contributed by atoms with E-state index in [1.54, 1.807) is 18.3 Å². The molecule has 0 bridgehead atoms. The topological polar surface area (TPSA) is 114 Å². The molecule has 0 aliphatic rings. The molecule has 0 spiro atoms. The maximum atomic E-state index is 11.7. The fourth-order valence-corrected chi connectivity index (χ4v) is 3.36. The number of nitrogens with two attached hydrogens (primary N) is 1. The normalized spacial score (nSPS) is 11.3. The zero-order valence-electron chi connectivity index (χ0n) is 16.5. The summed E-state index contributed by atoms with van der Waals surface area (Å²) in [5.41, 5.74) is 6.98. The van der Waals surface area contributed by atoms with Gasteiger partial charge in [0.2, 0.25) is 0 Å². The number of nitrogen functional groups attached to an aromatic ring is 1. The van der Waals surface area contributed by atoms with E-state index >= 15 is 0 Å². The summed E-state index contributed by atoms with van der Waals surface area (Å²) in [4.78, 5) is 26.1. The van der Waals surface area contributed by atoms with E-state index < -0.39 is 6.09 Å². The van der Waals surface area contributed by atoms with E-state index in [2.05, 4.69) is 35.7 Å². The molecule has 3 rings (SSSR count). The van der Waals surface area contributed by atoms with Crippen molar-refractivity contribution in [2.24, 2.45) is 5.41 Å². The van der Waals surface area contributed by atoms with Gasteiger partial charge in [-0.2, -0.15) is 0 Å². The minimum atomic E-state index is -0.998. The zero-order valence-corrected chi connectivity index (χ0v) is 17.3. The lowest BCUT2D eigenvalue weighted by atomic mass is 9.92. The van der Waals surface area contributed by atoms with Gasteiger partial charge in [-0.15, -0.1) is 0 Å². The predicted molar refractivity (Wildman–Crippen MR) is 114 cm³/mol. The number of aromatic nitrogens is 3. The van der Waals surface area contributed by atoms with Crippen molar-refractivity contribution < 1.29 is 14.6 Å². The van der Waals surface area contributed by atoms with E-state index in [0.29, 0.717) is 23.1 Å². The van der Waals surface area contributed by atoms with Gasteiger partial charge in [-0.25, -0.2) is 19.7 Å². The third-order valence-electron chi connectivity index (χ3n) is 4.04. The number of amides is 1. The van der Waals surface area contributed by atoms with E-state index in [1.165, 1.54) is 28.6 Å². The largest absolute Gasteiger partial charge is 0.465 e. The first-order valence-electron chi connectivity index (χ1n) is 9.03. The Kier molecular flexibility index (Phi) is 5.97. The summed E-state index contributed by atoms with van der Waals surface area (Å²) in [6.45, 7) is 6.65. The molecule has 9 heteroatoms. The van der Waals surface area contributed by atoms with E-state index in [-0.39, 0.29) is 11.4 Å². The van der Waals surface area contributed by atoms with Crippen LogP contribution in [0.4, 0.5) is 15.6 Å². The molecule has 2 heterocycles. The monoisotopic (exact) mass is 413 g/mol. The average molecular weight is 414 g/mol. The Morgan fingerprint density at radius 1 is 1.14 bits per heavy atom. The second-order valence-corrected chi connectivity index (χ2v) is 8.69. The number of anilines is 2. The summed E-state index contributed by atoms with van der Waals surface area (Å²) in [5, 5.41) is 10.0. The third-order valence-corrected chi connectivity index (χ3v) is 5.11. The van der Waals surface area contributed by atoms with E-state index in [9.17, 15) is 9.90 Å². The molecule has 0 unspecified atom stereocenters. The molecule has 0 aliphatic carbocycles. The molecule has 0 fully saturated rings. The maximum Gasteiger partial charge on any atom is 0.413 e. The molecule has 3 N–H and O–H groups in total. The number of nitrogens with zero attached hydrogens (tertiary/aromatic N) is 4. The van der Waals surface area contributed by atoms with Gasteiger partial charge in [0.15, 0.2) is 5.13 Å². The Morgan fingerprint density at radius 3 is 2.38 bits per heavy atom. The summed E-state index contributed by atoms with van der Waals surface area (Å²) in [6.07, 6.45) is 4.38. The second-order valence-electron chi connectivity index (χ2n) is 7.68. The zero-order chi connectivity index (χ0) is 21.0. The number of thiazole rings is 1. The first-order chi connectivity index (χ1) is 13.7. The molecule has 29 heavy (non-hydrogen) atoms. The Balaban J connectivity index is 1.72. The molecule has 8 nitrogen and oxygen atoms in total. The minimum Gasteiger partial charge on any atom is -0.465 e. The van der Waals surface area contributed by atoms with Crippen LogP contribution in [0.25, 0.3) is 10.4 Å². The Bertz CT molecular complexity index is 965. The van der Waals surface area contributed by atoms with Crippen molar-refractivity contribution in [3.05, 3.63) is 42.9 Å². The first-order valence-corrected chi connectivity index (χ1v) is 9.85. The predicted octanol–water partition coefficient (Wildman–Crippen LogP) is 4.90. The van der Waals surface area contributed by atoms with Crippen LogP contribution in [0.2, 0.25) is 0 Å². The first kappa shape index (κ1) is 20.5. The van der Waals surface area contributed by atoms with Crippen molar-refractivity contribution in [1.29, 1.82) is 0 Å². The third kappa shape index (κ3) is 5.64. The minimum absolute atomic E-state index is 0.0395. The van der Waals surface area contributed by atoms with Crippen molar-refractivity contribution in [2.45, 2.75) is 27.2 Å². The second kappa shape index (κ2) is 8.44. The van der Waals surface area contributed by atoms with Crippen molar-refractivity contribution >= 4 is 28.2 Å². The van der Waals surface area contributed by atoms with Crippen LogP contribution in [0, 0.1) is 5.41 Å². The van der Waals surface area contributed by atoms with Crippen molar-refractivity contribution in [2.75, 3.05) is 17.2 Å². The van der Waals surface area contributed by atoms with Crippen LogP contribution in [0.15, 0.2) is 42.9 Å². The molecule has 3 aromatic rings. The lowest BCUT2D eigenvalue weighted by Crippen LogP contribution is -2.32. The van der Waals surface area contributed by atoms with Gasteiger partial charge in [0.25, 0.3) is 0 Å². The molecular weight excluding hydrogens is 390 g/mol. The smallest absolute Gasteiger partial charge is 0.413 e. The lowest BCUT2D eigenvalue weighted by molar-refractivity contribution is 0.200. The molecule has 152 valence electrons. The highest BCUT2D eigenvalue weighted by Gasteiger charge is 2.21. The molecule has 0 aliphatic heterocycles. The number of hydrogen-bond acceptors (Lipinski definition) is 7. The van der Waals surface area contributed by atoms with Gasteiger partial charge in [0.1, 0.15) is 5.75 Å². The fraction of sp³-hybridized carbons (Fsp3) is 0.300. The quantitative estimate of drug-likeness (QED) is 0.591. The highest BCUT2D eigenvalue weighted by molar-refractivity contribution is 7.19. The van der Waals surface area contributed by atoms with Gasteiger partial charge in [0, 0.05) is 12.7 Å². The van der Waals surface area contributed by atoms with E-state index in [0.717, 1.165) is 16.9 Å². The highest BCUT2D eigenvalue weighted by Crippen LogP contribution is 2.33. The summed E-state index contributed by atoms with van der Waals surface area (Å²) in [5.74, 6) is 0.584. The maximum absolute atomic E-state index is 11.7. The number of ether oxygens (including phenoxy) is 1. The van der Waals surface area contributed by atoms with Crippen LogP contribution >= 0.6 is 11.3 Å². The Morgan fingerprint density at radius 2 is 1.79 bits per heavy atom. The number of benzene rings is 1. The molecule has 0 radical (unpaired) electrons. The Hall–Kier alpha value is -3.20. The molecular formula is C20H23N5O3S. The summed E-state index contributed by atoms with van der Waals surface area (Å²) in [7, 11) is 0. The SMILES string of the molecule is CC(C)(C)CCN(C(=O)O)c1ncc(-c2ccc(Oc3ncc(N)cn3)cc2)s1.